The Labute approximate surface area is 216 Å². The molecule has 0 aromatic heterocycles. The second-order valence-corrected chi connectivity index (χ2v) is 23.0. The third kappa shape index (κ3) is 8.24. The minimum atomic E-state index is -2.11. The second-order valence-electron chi connectivity index (χ2n) is 13.5. The van der Waals surface area contributed by atoms with Crippen LogP contribution in [0, 0.1) is 11.8 Å². The van der Waals surface area contributed by atoms with Crippen LogP contribution in [0.3, 0.4) is 0 Å². The number of esters is 1. The smallest absolute Gasteiger partial charge is 0.331 e. The molecule has 200 valence electrons. The Kier molecular flexibility index (Phi) is 9.98. The fourth-order valence-corrected chi connectivity index (χ4v) is 7.02. The number of hydrogen-bond acceptors (Lipinski definition) is 5. The summed E-state index contributed by atoms with van der Waals surface area (Å²) in [7, 11) is -4.01. The van der Waals surface area contributed by atoms with Gasteiger partial charge in [0.25, 0.3) is 0 Å². The van der Waals surface area contributed by atoms with E-state index in [9.17, 15) is 9.59 Å². The predicted octanol–water partition coefficient (Wildman–Crippen LogP) is 7.20. The summed E-state index contributed by atoms with van der Waals surface area (Å²) in [5, 5.41) is 0.204. The lowest BCUT2D eigenvalue weighted by atomic mass is 9.90. The van der Waals surface area contributed by atoms with Gasteiger partial charge in [-0.3, -0.25) is 4.79 Å². The molecule has 5 nitrogen and oxygen atoms in total. The molecule has 35 heavy (non-hydrogen) atoms. The molecule has 0 bridgehead atoms. The van der Waals surface area contributed by atoms with Crippen LogP contribution in [0.5, 0.6) is 0 Å². The van der Waals surface area contributed by atoms with E-state index in [4.69, 9.17) is 13.6 Å². The van der Waals surface area contributed by atoms with Crippen LogP contribution in [0.2, 0.25) is 36.3 Å². The van der Waals surface area contributed by atoms with E-state index in [1.54, 1.807) is 0 Å². The Hall–Kier alpha value is -1.03. The van der Waals surface area contributed by atoms with Gasteiger partial charge in [0.2, 0.25) is 0 Å². The summed E-state index contributed by atoms with van der Waals surface area (Å²) in [6.45, 7) is 22.7. The van der Waals surface area contributed by atoms with Crippen molar-refractivity contribution in [2.24, 2.45) is 11.8 Å². The number of cyclic esters (lactones) is 1. The van der Waals surface area contributed by atoms with Gasteiger partial charge in [0.05, 0.1) is 6.10 Å². The van der Waals surface area contributed by atoms with Crippen molar-refractivity contribution in [2.75, 3.05) is 0 Å². The molecule has 7 heteroatoms. The number of carbonyl (C=O) groups excluding carboxylic acids is 2. The summed E-state index contributed by atoms with van der Waals surface area (Å²) in [5.74, 6) is 0.0754. The Morgan fingerprint density at radius 2 is 1.54 bits per heavy atom. The van der Waals surface area contributed by atoms with Crippen LogP contribution >= 0.6 is 0 Å². The molecule has 5 atom stereocenters. The van der Waals surface area contributed by atoms with Crippen molar-refractivity contribution in [3.63, 3.8) is 0 Å². The minimum Gasteiger partial charge on any atom is -0.452 e. The number of hydrogen-bond donors (Lipinski definition) is 0. The lowest BCUT2D eigenvalue weighted by molar-refractivity contribution is -0.146. The van der Waals surface area contributed by atoms with E-state index in [2.05, 4.69) is 79.9 Å². The fraction of sp³-hybridized carbons (Fsp3) is 0.786. The van der Waals surface area contributed by atoms with Gasteiger partial charge in [-0.1, -0.05) is 53.7 Å². The first-order valence-corrected chi connectivity index (χ1v) is 19.1. The first-order chi connectivity index (χ1) is 16.0. The molecule has 1 saturated carbocycles. The van der Waals surface area contributed by atoms with Gasteiger partial charge in [0.15, 0.2) is 29.0 Å². The molecular formula is C28H50O5Si2. The number of rotatable bonds is 5. The normalized spacial score (nSPS) is 31.4. The van der Waals surface area contributed by atoms with Gasteiger partial charge < -0.3 is 13.6 Å². The highest BCUT2D eigenvalue weighted by molar-refractivity contribution is 6.74. The third-order valence-corrected chi connectivity index (χ3v) is 17.6. The van der Waals surface area contributed by atoms with Gasteiger partial charge in [-0.25, -0.2) is 4.79 Å². The Morgan fingerprint density at radius 1 is 0.943 bits per heavy atom. The highest BCUT2D eigenvalue weighted by atomic mass is 28.4. The van der Waals surface area contributed by atoms with Crippen LogP contribution in [0.15, 0.2) is 24.3 Å². The number of ether oxygens (including phenoxy) is 1. The first-order valence-electron chi connectivity index (χ1n) is 13.3. The molecular weight excluding hydrogens is 472 g/mol. The van der Waals surface area contributed by atoms with Crippen molar-refractivity contribution in [3.05, 3.63) is 24.3 Å². The van der Waals surface area contributed by atoms with Gasteiger partial charge in [0, 0.05) is 12.2 Å². The molecule has 1 fully saturated rings. The number of allylic oxidation sites excluding steroid dienone is 2. The molecule has 1 aliphatic carbocycles. The van der Waals surface area contributed by atoms with Crippen molar-refractivity contribution in [2.45, 2.75) is 128 Å². The van der Waals surface area contributed by atoms with Crippen LogP contribution in [0.4, 0.5) is 0 Å². The Morgan fingerprint density at radius 3 is 2.11 bits per heavy atom. The third-order valence-electron chi connectivity index (χ3n) is 8.63. The second kappa shape index (κ2) is 11.6. The maximum atomic E-state index is 12.6. The highest BCUT2D eigenvalue weighted by Gasteiger charge is 2.46. The summed E-state index contributed by atoms with van der Waals surface area (Å²) < 4.78 is 19.2. The maximum Gasteiger partial charge on any atom is 0.331 e. The minimum absolute atomic E-state index is 0.0477. The van der Waals surface area contributed by atoms with Gasteiger partial charge in [-0.15, -0.1) is 0 Å². The molecule has 0 unspecified atom stereocenters. The van der Waals surface area contributed by atoms with Crippen LogP contribution in [-0.2, 0) is 23.2 Å². The van der Waals surface area contributed by atoms with E-state index in [-0.39, 0.29) is 28.2 Å². The van der Waals surface area contributed by atoms with E-state index in [1.807, 2.05) is 6.08 Å². The van der Waals surface area contributed by atoms with Crippen LogP contribution in [0.1, 0.15) is 73.6 Å². The largest absolute Gasteiger partial charge is 0.452 e. The molecule has 1 aliphatic heterocycles. The fourth-order valence-electron chi connectivity index (χ4n) is 4.35. The maximum absolute atomic E-state index is 12.6. The summed E-state index contributed by atoms with van der Waals surface area (Å²) in [6.07, 6.45) is 12.1. The average Bonchev–Trinajstić information content (AvgIpc) is 3.09. The quantitative estimate of drug-likeness (QED) is 0.165. The molecule has 0 amide bonds. The summed E-state index contributed by atoms with van der Waals surface area (Å²) in [6, 6.07) is 0. The first kappa shape index (κ1) is 30.2. The van der Waals surface area contributed by atoms with Crippen molar-refractivity contribution >= 4 is 28.9 Å². The molecule has 0 aromatic rings. The Bertz CT molecular complexity index is 788. The highest BCUT2D eigenvalue weighted by Crippen LogP contribution is 2.46. The molecule has 0 saturated heterocycles. The van der Waals surface area contributed by atoms with Gasteiger partial charge in [0.1, 0.15) is 0 Å². The molecule has 2 aliphatic rings. The standard InChI is InChI=1S/C28H50O5Si2/c1-27(2,3)34(7,8)32-23-18-21-14-12-11-13-15-22(20-29)31-26(30)17-16-25(24(21)19-23)33-35(9,10)28(4,5)6/h12,14,16-17,20-25H,11,13,15,18-19H2,1-10H3/b14-12+,17-16+/t21-,22-,23+,24-,25-/m1/s1. The zero-order valence-corrected chi connectivity index (χ0v) is 25.9. The topological polar surface area (TPSA) is 61.8 Å². The van der Waals surface area contributed by atoms with E-state index in [1.165, 1.54) is 6.08 Å². The summed E-state index contributed by atoms with van der Waals surface area (Å²) >= 11 is 0. The number of fused-ring (bicyclic) bond motifs is 1. The molecule has 0 N–H and O–H groups in total. The SMILES string of the molecule is CC(C)(C)[Si](C)(C)O[C@@H]1C[C@@H]2[C@H](/C=C/CCC[C@H](C=O)OC(=O)/C=C/[C@H]2O[Si](C)(C)C(C)(C)C)C1. The van der Waals surface area contributed by atoms with Crippen LogP contribution in [-0.4, -0.2) is 47.2 Å². The monoisotopic (exact) mass is 522 g/mol. The molecule has 2 rings (SSSR count). The van der Waals surface area contributed by atoms with Crippen molar-refractivity contribution < 1.29 is 23.2 Å². The van der Waals surface area contributed by atoms with Gasteiger partial charge >= 0.3 is 5.97 Å². The summed E-state index contributed by atoms with van der Waals surface area (Å²) in [4.78, 5) is 24.0. The zero-order chi connectivity index (χ0) is 26.7. The van der Waals surface area contributed by atoms with Crippen molar-refractivity contribution in [3.8, 4) is 0 Å². The lowest BCUT2D eigenvalue weighted by Gasteiger charge is -2.41. The lowest BCUT2D eigenvalue weighted by Crippen LogP contribution is -2.46. The zero-order valence-electron chi connectivity index (χ0n) is 23.9. The van der Waals surface area contributed by atoms with Gasteiger partial charge in [-0.2, -0.15) is 0 Å². The summed E-state index contributed by atoms with van der Waals surface area (Å²) in [5.41, 5.74) is 0. The van der Waals surface area contributed by atoms with Crippen LogP contribution < -0.4 is 0 Å². The van der Waals surface area contributed by atoms with Crippen molar-refractivity contribution in [1.29, 1.82) is 0 Å². The van der Waals surface area contributed by atoms with E-state index in [0.29, 0.717) is 12.3 Å². The number of carbonyl (C=O) groups is 2. The number of aldehydes is 1. The molecule has 0 aromatic carbocycles. The molecule has 0 spiro atoms. The van der Waals surface area contributed by atoms with Crippen LogP contribution in [0.25, 0.3) is 0 Å². The predicted molar refractivity (Wildman–Crippen MR) is 148 cm³/mol. The van der Waals surface area contributed by atoms with Crippen molar-refractivity contribution in [1.82, 2.24) is 0 Å². The van der Waals surface area contributed by atoms with E-state index >= 15 is 0 Å². The molecule has 1 heterocycles. The Balaban J connectivity index is 2.41. The average molecular weight is 523 g/mol. The molecule has 0 radical (unpaired) electrons. The van der Waals surface area contributed by atoms with Gasteiger partial charge in [-0.05, 0) is 86.3 Å². The van der Waals surface area contributed by atoms with E-state index < -0.39 is 28.7 Å². The van der Waals surface area contributed by atoms with E-state index in [0.717, 1.165) is 32.0 Å².